The van der Waals surface area contributed by atoms with Gasteiger partial charge in [-0.1, -0.05) is 6.08 Å². The molecule has 0 radical (unpaired) electrons. The first-order valence-electron chi connectivity index (χ1n) is 3.71. The molecular formula is C8H10N2O. The number of hydroxylamine groups is 2. The van der Waals surface area contributed by atoms with Gasteiger partial charge in [-0.3, -0.25) is 10.2 Å². The zero-order valence-electron chi connectivity index (χ0n) is 6.36. The van der Waals surface area contributed by atoms with Crippen molar-refractivity contribution in [3.8, 4) is 0 Å². The number of rotatable bonds is 0. The van der Waals surface area contributed by atoms with E-state index in [-0.39, 0.29) is 0 Å². The van der Waals surface area contributed by atoms with Crippen molar-refractivity contribution in [2.45, 2.75) is 19.4 Å². The molecule has 2 heterocycles. The minimum absolute atomic E-state index is 0.311. The SMILES string of the molecule is CC1CC2=CC=CN(O)C2=N1. The van der Waals surface area contributed by atoms with E-state index in [0.29, 0.717) is 11.9 Å². The van der Waals surface area contributed by atoms with Crippen LogP contribution >= 0.6 is 0 Å². The van der Waals surface area contributed by atoms with Crippen LogP contribution in [0, 0.1) is 0 Å². The molecule has 2 rings (SSSR count). The Hall–Kier alpha value is -1.09. The molecule has 0 spiro atoms. The Bertz CT molecular complexity index is 265. The van der Waals surface area contributed by atoms with Gasteiger partial charge in [-0.05, 0) is 25.0 Å². The van der Waals surface area contributed by atoms with Crippen molar-refractivity contribution >= 4 is 5.84 Å². The first-order chi connectivity index (χ1) is 5.27. The minimum atomic E-state index is 0.311. The molecule has 0 aromatic heterocycles. The van der Waals surface area contributed by atoms with E-state index in [1.807, 2.05) is 19.1 Å². The summed E-state index contributed by atoms with van der Waals surface area (Å²) < 4.78 is 0. The molecule has 0 aromatic rings. The third-order valence-corrected chi connectivity index (χ3v) is 1.89. The molecule has 0 fully saturated rings. The van der Waals surface area contributed by atoms with Crippen LogP contribution in [0.2, 0.25) is 0 Å². The van der Waals surface area contributed by atoms with Crippen LogP contribution < -0.4 is 0 Å². The molecule has 1 N–H and O–H groups in total. The maximum atomic E-state index is 9.27. The molecule has 11 heavy (non-hydrogen) atoms. The highest BCUT2D eigenvalue weighted by Gasteiger charge is 2.23. The smallest absolute Gasteiger partial charge is 0.156 e. The van der Waals surface area contributed by atoms with Crippen LogP contribution in [0.5, 0.6) is 0 Å². The summed E-state index contributed by atoms with van der Waals surface area (Å²) in [6.07, 6.45) is 6.36. The molecule has 58 valence electrons. The lowest BCUT2D eigenvalue weighted by Crippen LogP contribution is -2.23. The van der Waals surface area contributed by atoms with Gasteiger partial charge in [-0.15, -0.1) is 0 Å². The van der Waals surface area contributed by atoms with E-state index in [4.69, 9.17) is 0 Å². The normalized spacial score (nSPS) is 28.2. The molecule has 0 saturated carbocycles. The fraction of sp³-hybridized carbons (Fsp3) is 0.375. The summed E-state index contributed by atoms with van der Waals surface area (Å²) in [5.74, 6) is 0.708. The third-order valence-electron chi connectivity index (χ3n) is 1.89. The van der Waals surface area contributed by atoms with Gasteiger partial charge >= 0.3 is 0 Å². The highest BCUT2D eigenvalue weighted by Crippen LogP contribution is 2.23. The number of fused-ring (bicyclic) bond motifs is 1. The van der Waals surface area contributed by atoms with Crippen molar-refractivity contribution in [1.82, 2.24) is 5.06 Å². The van der Waals surface area contributed by atoms with E-state index in [1.165, 1.54) is 0 Å². The first-order valence-corrected chi connectivity index (χ1v) is 3.71. The molecule has 1 atom stereocenters. The molecule has 0 saturated heterocycles. The molecule has 1 unspecified atom stereocenters. The van der Waals surface area contributed by atoms with Crippen LogP contribution in [0.25, 0.3) is 0 Å². The average molecular weight is 150 g/mol. The fourth-order valence-electron chi connectivity index (χ4n) is 1.41. The van der Waals surface area contributed by atoms with Crippen LogP contribution in [0.15, 0.2) is 28.9 Å². The topological polar surface area (TPSA) is 35.8 Å². The summed E-state index contributed by atoms with van der Waals surface area (Å²) in [4.78, 5) is 4.26. The van der Waals surface area contributed by atoms with Crippen LogP contribution in [-0.4, -0.2) is 22.1 Å². The fourth-order valence-corrected chi connectivity index (χ4v) is 1.41. The maximum absolute atomic E-state index is 9.27. The van der Waals surface area contributed by atoms with E-state index in [0.717, 1.165) is 17.1 Å². The quantitative estimate of drug-likeness (QED) is 0.565. The molecule has 2 aliphatic rings. The molecule has 2 aliphatic heterocycles. The minimum Gasteiger partial charge on any atom is -0.283 e. The Morgan fingerprint density at radius 1 is 1.73 bits per heavy atom. The molecule has 0 bridgehead atoms. The van der Waals surface area contributed by atoms with Crippen molar-refractivity contribution < 1.29 is 5.21 Å². The molecule has 0 aromatic carbocycles. The Labute approximate surface area is 65.3 Å². The second-order valence-corrected chi connectivity index (χ2v) is 2.88. The Morgan fingerprint density at radius 3 is 3.27 bits per heavy atom. The molecule has 3 nitrogen and oxygen atoms in total. The van der Waals surface area contributed by atoms with Gasteiger partial charge in [0.2, 0.25) is 0 Å². The lowest BCUT2D eigenvalue weighted by molar-refractivity contribution is 0.0376. The summed E-state index contributed by atoms with van der Waals surface area (Å²) in [6, 6.07) is 0.311. The average Bonchev–Trinajstić information content (AvgIpc) is 2.31. The summed E-state index contributed by atoms with van der Waals surface area (Å²) >= 11 is 0. The van der Waals surface area contributed by atoms with Gasteiger partial charge in [0.05, 0.1) is 6.04 Å². The van der Waals surface area contributed by atoms with E-state index >= 15 is 0 Å². The van der Waals surface area contributed by atoms with Gasteiger partial charge in [0, 0.05) is 6.20 Å². The summed E-state index contributed by atoms with van der Waals surface area (Å²) in [7, 11) is 0. The third kappa shape index (κ3) is 0.973. The second kappa shape index (κ2) is 2.20. The van der Waals surface area contributed by atoms with Crippen molar-refractivity contribution in [2.75, 3.05) is 0 Å². The highest BCUT2D eigenvalue weighted by molar-refractivity contribution is 6.01. The molecular weight excluding hydrogens is 140 g/mol. The summed E-state index contributed by atoms with van der Waals surface area (Å²) in [5.41, 5.74) is 1.13. The van der Waals surface area contributed by atoms with Gasteiger partial charge < -0.3 is 0 Å². The number of aliphatic imine (C=N–C) groups is 1. The number of nitrogens with zero attached hydrogens (tertiary/aromatic N) is 2. The van der Waals surface area contributed by atoms with E-state index in [2.05, 4.69) is 4.99 Å². The van der Waals surface area contributed by atoms with E-state index in [1.54, 1.807) is 6.20 Å². The number of hydrogen-bond acceptors (Lipinski definition) is 3. The van der Waals surface area contributed by atoms with Gasteiger partial charge in [0.25, 0.3) is 0 Å². The first kappa shape index (κ1) is 6.61. The van der Waals surface area contributed by atoms with Crippen LogP contribution in [0.3, 0.4) is 0 Å². The molecule has 0 amide bonds. The van der Waals surface area contributed by atoms with Gasteiger partial charge in [-0.25, -0.2) is 5.06 Å². The molecule has 3 heteroatoms. The predicted octanol–water partition coefficient (Wildman–Crippen LogP) is 1.32. The lowest BCUT2D eigenvalue weighted by atomic mass is 10.1. The summed E-state index contributed by atoms with van der Waals surface area (Å²) in [5, 5.41) is 10.4. The van der Waals surface area contributed by atoms with Crippen LogP contribution in [0.1, 0.15) is 13.3 Å². The largest absolute Gasteiger partial charge is 0.283 e. The van der Waals surface area contributed by atoms with Crippen LogP contribution in [0.4, 0.5) is 0 Å². The van der Waals surface area contributed by atoms with Gasteiger partial charge in [0.1, 0.15) is 0 Å². The number of allylic oxidation sites excluding steroid dienone is 2. The van der Waals surface area contributed by atoms with E-state index < -0.39 is 0 Å². The van der Waals surface area contributed by atoms with Gasteiger partial charge in [-0.2, -0.15) is 0 Å². The maximum Gasteiger partial charge on any atom is 0.156 e. The van der Waals surface area contributed by atoms with Gasteiger partial charge in [0.15, 0.2) is 5.84 Å². The number of amidine groups is 1. The van der Waals surface area contributed by atoms with Crippen LogP contribution in [-0.2, 0) is 0 Å². The monoisotopic (exact) mass is 150 g/mol. The summed E-state index contributed by atoms with van der Waals surface area (Å²) in [6.45, 7) is 2.04. The van der Waals surface area contributed by atoms with Crippen molar-refractivity contribution in [1.29, 1.82) is 0 Å². The highest BCUT2D eigenvalue weighted by atomic mass is 16.5. The zero-order valence-corrected chi connectivity index (χ0v) is 6.36. The zero-order chi connectivity index (χ0) is 7.84. The lowest BCUT2D eigenvalue weighted by Gasteiger charge is -2.15. The van der Waals surface area contributed by atoms with Crippen molar-refractivity contribution in [3.05, 3.63) is 23.9 Å². The Morgan fingerprint density at radius 2 is 2.55 bits per heavy atom. The second-order valence-electron chi connectivity index (χ2n) is 2.88. The van der Waals surface area contributed by atoms with Crippen molar-refractivity contribution in [3.63, 3.8) is 0 Å². The predicted molar refractivity (Wildman–Crippen MR) is 42.4 cm³/mol. The molecule has 0 aliphatic carbocycles. The Balaban J connectivity index is 2.36. The van der Waals surface area contributed by atoms with E-state index in [9.17, 15) is 5.21 Å². The standard InChI is InChI=1S/C8H10N2O/c1-6-5-7-3-2-4-10(11)8(7)9-6/h2-4,6,11H,5H2,1H3. The van der Waals surface area contributed by atoms with Crippen molar-refractivity contribution in [2.24, 2.45) is 4.99 Å². The number of hydrogen-bond donors (Lipinski definition) is 1. The Kier molecular flexibility index (Phi) is 1.32.